The van der Waals surface area contributed by atoms with Gasteiger partial charge in [-0.25, -0.2) is 0 Å². The normalized spacial score (nSPS) is 9.73. The summed E-state index contributed by atoms with van der Waals surface area (Å²) in [5.74, 6) is 0.840. The lowest BCUT2D eigenvalue weighted by molar-refractivity contribution is 0.306. The van der Waals surface area contributed by atoms with Gasteiger partial charge in [-0.2, -0.15) is 0 Å². The maximum atomic E-state index is 6.15. The van der Waals surface area contributed by atoms with Crippen molar-refractivity contribution in [3.63, 3.8) is 0 Å². The van der Waals surface area contributed by atoms with Crippen molar-refractivity contribution in [2.75, 3.05) is 0 Å². The van der Waals surface area contributed by atoms with Gasteiger partial charge in [0.25, 0.3) is 0 Å². The van der Waals surface area contributed by atoms with E-state index < -0.39 is 0 Å². The third-order valence-corrected chi connectivity index (χ3v) is 3.98. The molecule has 0 aliphatic rings. The van der Waals surface area contributed by atoms with Crippen molar-refractivity contribution in [1.82, 2.24) is 10.3 Å². The molecule has 1 aromatic heterocycles. The summed E-state index contributed by atoms with van der Waals surface area (Å²) in [4.78, 5) is 4.30. The standard InChI is InChI=1S/C20H19ClN2O.2ClH/c21-20-10-2-1-7-17(20)15-24-19-9-5-6-16(12-19)13-22-14-18-8-3-4-11-23-18;;/h1-12,22H,13-15H2;2*1H. The van der Waals surface area contributed by atoms with E-state index in [2.05, 4.69) is 16.4 Å². The Morgan fingerprint density at radius 1 is 0.885 bits per heavy atom. The first-order chi connectivity index (χ1) is 11.8. The summed E-state index contributed by atoms with van der Waals surface area (Å²) in [5, 5.41) is 4.12. The topological polar surface area (TPSA) is 34.1 Å². The molecule has 6 heteroatoms. The Balaban J connectivity index is 0.00000169. The van der Waals surface area contributed by atoms with Crippen molar-refractivity contribution in [3.05, 3.63) is 94.8 Å². The fourth-order valence-corrected chi connectivity index (χ4v) is 2.55. The van der Waals surface area contributed by atoms with Crippen LogP contribution in [0.5, 0.6) is 5.75 Å². The third kappa shape index (κ3) is 6.85. The molecule has 0 unspecified atom stereocenters. The molecule has 26 heavy (non-hydrogen) atoms. The number of halogens is 3. The summed E-state index contributed by atoms with van der Waals surface area (Å²) < 4.78 is 5.85. The predicted octanol–water partition coefficient (Wildman–Crippen LogP) is 5.45. The van der Waals surface area contributed by atoms with Crippen LogP contribution in [-0.4, -0.2) is 4.98 Å². The van der Waals surface area contributed by atoms with Crippen LogP contribution in [0.1, 0.15) is 16.8 Å². The molecule has 0 amide bonds. The molecule has 3 aromatic rings. The highest BCUT2D eigenvalue weighted by atomic mass is 35.5. The van der Waals surface area contributed by atoms with Gasteiger partial charge in [-0.3, -0.25) is 4.98 Å². The number of pyridine rings is 1. The van der Waals surface area contributed by atoms with Gasteiger partial charge in [-0.05, 0) is 35.9 Å². The molecule has 1 N–H and O–H groups in total. The van der Waals surface area contributed by atoms with E-state index >= 15 is 0 Å². The Hall–Kier alpha value is -1.78. The van der Waals surface area contributed by atoms with E-state index in [1.54, 1.807) is 6.20 Å². The number of aromatic nitrogens is 1. The molecule has 1 heterocycles. The van der Waals surface area contributed by atoms with Gasteiger partial charge in [0.05, 0.1) is 5.69 Å². The first-order valence-electron chi connectivity index (χ1n) is 7.87. The second-order valence-corrected chi connectivity index (χ2v) is 5.86. The van der Waals surface area contributed by atoms with Gasteiger partial charge in [-0.1, -0.05) is 48.0 Å². The Labute approximate surface area is 171 Å². The summed E-state index contributed by atoms with van der Waals surface area (Å²) in [6.07, 6.45) is 1.81. The number of nitrogens with one attached hydrogen (secondary N) is 1. The quantitative estimate of drug-likeness (QED) is 0.561. The van der Waals surface area contributed by atoms with Gasteiger partial charge in [0.1, 0.15) is 12.4 Å². The van der Waals surface area contributed by atoms with Crippen LogP contribution in [0.15, 0.2) is 72.9 Å². The molecule has 0 aliphatic heterocycles. The molecule has 0 saturated heterocycles. The van der Waals surface area contributed by atoms with Crippen LogP contribution in [-0.2, 0) is 19.7 Å². The minimum atomic E-state index is 0. The van der Waals surface area contributed by atoms with E-state index in [-0.39, 0.29) is 24.8 Å². The largest absolute Gasteiger partial charge is 0.489 e. The predicted molar refractivity (Wildman–Crippen MR) is 112 cm³/mol. The zero-order valence-corrected chi connectivity index (χ0v) is 16.5. The minimum absolute atomic E-state index is 0. The zero-order valence-electron chi connectivity index (χ0n) is 14.1. The van der Waals surface area contributed by atoms with Gasteiger partial charge in [0, 0.05) is 29.9 Å². The van der Waals surface area contributed by atoms with Crippen molar-refractivity contribution in [3.8, 4) is 5.75 Å². The second-order valence-electron chi connectivity index (χ2n) is 5.45. The summed E-state index contributed by atoms with van der Waals surface area (Å²) in [6, 6.07) is 21.7. The van der Waals surface area contributed by atoms with E-state index in [1.165, 1.54) is 5.56 Å². The van der Waals surface area contributed by atoms with Crippen LogP contribution in [0.2, 0.25) is 5.02 Å². The summed E-state index contributed by atoms with van der Waals surface area (Å²) in [7, 11) is 0. The van der Waals surface area contributed by atoms with E-state index in [1.807, 2.05) is 60.7 Å². The molecule has 0 saturated carbocycles. The third-order valence-electron chi connectivity index (χ3n) is 3.61. The Bertz CT molecular complexity index is 785. The van der Waals surface area contributed by atoms with Crippen LogP contribution in [0.4, 0.5) is 0 Å². The number of benzene rings is 2. The van der Waals surface area contributed by atoms with E-state index in [0.29, 0.717) is 6.61 Å². The smallest absolute Gasteiger partial charge is 0.120 e. The van der Waals surface area contributed by atoms with Crippen molar-refractivity contribution < 1.29 is 4.74 Å². The first-order valence-corrected chi connectivity index (χ1v) is 8.25. The van der Waals surface area contributed by atoms with Crippen molar-refractivity contribution >= 4 is 36.4 Å². The molecule has 0 fully saturated rings. The second kappa shape index (κ2) is 11.8. The summed E-state index contributed by atoms with van der Waals surface area (Å²) in [6.45, 7) is 1.97. The SMILES string of the molecule is Cl.Cl.Clc1ccccc1COc1cccc(CNCc2ccccn2)c1. The van der Waals surface area contributed by atoms with Crippen molar-refractivity contribution in [1.29, 1.82) is 0 Å². The maximum Gasteiger partial charge on any atom is 0.120 e. The van der Waals surface area contributed by atoms with Crippen LogP contribution in [0.3, 0.4) is 0 Å². The minimum Gasteiger partial charge on any atom is -0.489 e. The Kier molecular flexibility index (Phi) is 10.1. The molecule has 0 aliphatic carbocycles. The van der Waals surface area contributed by atoms with Crippen molar-refractivity contribution in [2.24, 2.45) is 0 Å². The van der Waals surface area contributed by atoms with Gasteiger partial charge < -0.3 is 10.1 Å². The molecule has 138 valence electrons. The van der Waals surface area contributed by atoms with E-state index in [4.69, 9.17) is 16.3 Å². The van der Waals surface area contributed by atoms with E-state index in [9.17, 15) is 0 Å². The van der Waals surface area contributed by atoms with E-state index in [0.717, 1.165) is 35.1 Å². The van der Waals surface area contributed by atoms with Crippen LogP contribution < -0.4 is 10.1 Å². The Morgan fingerprint density at radius 3 is 2.46 bits per heavy atom. The first kappa shape index (κ1) is 22.3. The van der Waals surface area contributed by atoms with Crippen LogP contribution in [0.25, 0.3) is 0 Å². The van der Waals surface area contributed by atoms with Gasteiger partial charge in [-0.15, -0.1) is 24.8 Å². The van der Waals surface area contributed by atoms with Crippen molar-refractivity contribution in [2.45, 2.75) is 19.7 Å². The highest BCUT2D eigenvalue weighted by molar-refractivity contribution is 6.31. The molecule has 3 nitrogen and oxygen atoms in total. The Morgan fingerprint density at radius 2 is 1.69 bits per heavy atom. The van der Waals surface area contributed by atoms with Crippen LogP contribution >= 0.6 is 36.4 Å². The maximum absolute atomic E-state index is 6.15. The summed E-state index contributed by atoms with van der Waals surface area (Å²) >= 11 is 6.15. The number of hydrogen-bond donors (Lipinski definition) is 1. The number of nitrogens with zero attached hydrogens (tertiary/aromatic N) is 1. The molecule has 2 aromatic carbocycles. The van der Waals surface area contributed by atoms with Gasteiger partial charge >= 0.3 is 0 Å². The molecule has 3 rings (SSSR count). The summed E-state index contributed by atoms with van der Waals surface area (Å²) in [5.41, 5.74) is 3.18. The lowest BCUT2D eigenvalue weighted by atomic mass is 10.2. The highest BCUT2D eigenvalue weighted by Crippen LogP contribution is 2.19. The zero-order chi connectivity index (χ0) is 16.6. The number of hydrogen-bond acceptors (Lipinski definition) is 3. The molecular formula is C20H21Cl3N2O. The lowest BCUT2D eigenvalue weighted by Crippen LogP contribution is -2.13. The molecule has 0 radical (unpaired) electrons. The monoisotopic (exact) mass is 410 g/mol. The average Bonchev–Trinajstić information content (AvgIpc) is 2.62. The lowest BCUT2D eigenvalue weighted by Gasteiger charge is -2.10. The van der Waals surface area contributed by atoms with Gasteiger partial charge in [0.15, 0.2) is 0 Å². The highest BCUT2D eigenvalue weighted by Gasteiger charge is 2.02. The fourth-order valence-electron chi connectivity index (χ4n) is 2.36. The molecular weight excluding hydrogens is 391 g/mol. The number of ether oxygens (including phenoxy) is 1. The molecule has 0 bridgehead atoms. The molecule has 0 atom stereocenters. The fraction of sp³-hybridized carbons (Fsp3) is 0.150. The van der Waals surface area contributed by atoms with Crippen LogP contribution in [0, 0.1) is 0 Å². The number of rotatable bonds is 7. The average molecular weight is 412 g/mol. The molecule has 0 spiro atoms. The van der Waals surface area contributed by atoms with Gasteiger partial charge in [0.2, 0.25) is 0 Å².